The Balaban J connectivity index is 2.15. The van der Waals surface area contributed by atoms with Crippen molar-refractivity contribution in [1.29, 1.82) is 0 Å². The van der Waals surface area contributed by atoms with E-state index in [0.29, 0.717) is 13.1 Å². The minimum Gasteiger partial charge on any atom is -0.364 e. The normalized spacial score (nSPS) is 9.92. The molecule has 0 spiro atoms. The van der Waals surface area contributed by atoms with Crippen molar-refractivity contribution in [2.75, 3.05) is 13.1 Å². The molecule has 72 valence electrons. The molecule has 0 saturated heterocycles. The maximum absolute atomic E-state index is 11.1. The van der Waals surface area contributed by atoms with Crippen LogP contribution < -0.4 is 10.6 Å². The average molecular weight is 181 g/mol. The third kappa shape index (κ3) is 3.75. The molecule has 0 atom stereocenters. The van der Waals surface area contributed by atoms with Gasteiger partial charge in [0.05, 0.1) is 13.1 Å². The Morgan fingerprint density at radius 1 is 1.62 bits per heavy atom. The summed E-state index contributed by atoms with van der Waals surface area (Å²) in [4.78, 5) is 14.1. The summed E-state index contributed by atoms with van der Waals surface area (Å²) >= 11 is 0. The minimum absolute atomic E-state index is 0.0245. The van der Waals surface area contributed by atoms with Crippen molar-refractivity contribution in [2.24, 2.45) is 0 Å². The van der Waals surface area contributed by atoms with Gasteiger partial charge in [0.25, 0.3) is 0 Å². The Morgan fingerprint density at radius 2 is 2.46 bits per heavy atom. The Labute approximate surface area is 77.7 Å². The Hall–Kier alpha value is -1.29. The summed E-state index contributed by atoms with van der Waals surface area (Å²) in [6, 6.07) is 3.85. The molecule has 1 heterocycles. The van der Waals surface area contributed by atoms with Crippen LogP contribution in [0.4, 0.5) is 0 Å². The lowest BCUT2D eigenvalue weighted by Gasteiger charge is -2.03. The van der Waals surface area contributed by atoms with Gasteiger partial charge in [-0.2, -0.15) is 0 Å². The van der Waals surface area contributed by atoms with Gasteiger partial charge in [0.2, 0.25) is 5.91 Å². The van der Waals surface area contributed by atoms with Gasteiger partial charge in [-0.3, -0.25) is 4.79 Å². The van der Waals surface area contributed by atoms with Gasteiger partial charge in [-0.15, -0.1) is 0 Å². The summed E-state index contributed by atoms with van der Waals surface area (Å²) in [6.07, 6.45) is 1.84. The van der Waals surface area contributed by atoms with Gasteiger partial charge in [-0.25, -0.2) is 0 Å². The fourth-order valence-corrected chi connectivity index (χ4v) is 0.972. The Bertz CT molecular complexity index is 243. The molecule has 0 fully saturated rings. The van der Waals surface area contributed by atoms with Crippen molar-refractivity contribution >= 4 is 5.91 Å². The zero-order chi connectivity index (χ0) is 9.52. The highest BCUT2D eigenvalue weighted by atomic mass is 16.1. The maximum atomic E-state index is 11.1. The molecule has 4 heteroatoms. The van der Waals surface area contributed by atoms with Gasteiger partial charge in [0.15, 0.2) is 0 Å². The molecule has 1 aromatic rings. The monoisotopic (exact) mass is 181 g/mol. The van der Waals surface area contributed by atoms with E-state index in [1.807, 2.05) is 25.3 Å². The molecule has 13 heavy (non-hydrogen) atoms. The fourth-order valence-electron chi connectivity index (χ4n) is 0.972. The first kappa shape index (κ1) is 9.80. The van der Waals surface area contributed by atoms with Crippen LogP contribution in [-0.4, -0.2) is 24.0 Å². The van der Waals surface area contributed by atoms with Crippen LogP contribution in [0.5, 0.6) is 0 Å². The smallest absolute Gasteiger partial charge is 0.234 e. The number of H-pyrrole nitrogens is 1. The van der Waals surface area contributed by atoms with Gasteiger partial charge in [-0.05, 0) is 18.7 Å². The number of carbonyl (C=O) groups is 1. The zero-order valence-electron chi connectivity index (χ0n) is 7.76. The molecule has 0 unspecified atom stereocenters. The molecule has 0 aliphatic carbocycles. The standard InChI is InChI=1S/C9H15N3O/c1-2-10-7-9(13)12-6-8-4-3-5-11-8/h3-5,10-11H,2,6-7H2,1H3,(H,12,13). The summed E-state index contributed by atoms with van der Waals surface area (Å²) in [7, 11) is 0. The molecule has 0 bridgehead atoms. The first-order chi connectivity index (χ1) is 6.33. The molecule has 0 radical (unpaired) electrons. The van der Waals surface area contributed by atoms with Crippen molar-refractivity contribution in [3.05, 3.63) is 24.0 Å². The molecule has 1 amide bonds. The lowest BCUT2D eigenvalue weighted by molar-refractivity contribution is -0.120. The van der Waals surface area contributed by atoms with Crippen LogP contribution >= 0.6 is 0 Å². The summed E-state index contributed by atoms with van der Waals surface area (Å²) in [6.45, 7) is 3.74. The molecule has 3 N–H and O–H groups in total. The molecule has 0 aliphatic heterocycles. The van der Waals surface area contributed by atoms with Crippen LogP contribution in [0.2, 0.25) is 0 Å². The third-order valence-electron chi connectivity index (χ3n) is 1.67. The van der Waals surface area contributed by atoms with Crippen molar-refractivity contribution in [3.63, 3.8) is 0 Å². The Morgan fingerprint density at radius 3 is 3.08 bits per heavy atom. The third-order valence-corrected chi connectivity index (χ3v) is 1.67. The zero-order valence-corrected chi connectivity index (χ0v) is 7.76. The van der Waals surface area contributed by atoms with Crippen molar-refractivity contribution in [2.45, 2.75) is 13.5 Å². The van der Waals surface area contributed by atoms with E-state index in [4.69, 9.17) is 0 Å². The largest absolute Gasteiger partial charge is 0.364 e. The molecule has 0 aromatic carbocycles. The lowest BCUT2D eigenvalue weighted by Crippen LogP contribution is -2.33. The number of hydrogen-bond donors (Lipinski definition) is 3. The number of carbonyl (C=O) groups excluding carboxylic acids is 1. The second-order valence-electron chi connectivity index (χ2n) is 2.75. The van der Waals surface area contributed by atoms with E-state index in [9.17, 15) is 4.79 Å². The molecular formula is C9H15N3O. The topological polar surface area (TPSA) is 56.9 Å². The predicted molar refractivity (Wildman–Crippen MR) is 51.2 cm³/mol. The van der Waals surface area contributed by atoms with Crippen molar-refractivity contribution in [3.8, 4) is 0 Å². The predicted octanol–water partition coefficient (Wildman–Crippen LogP) is 0.240. The van der Waals surface area contributed by atoms with Crippen LogP contribution in [-0.2, 0) is 11.3 Å². The number of likely N-dealkylation sites (N-methyl/N-ethyl adjacent to an activating group) is 1. The first-order valence-corrected chi connectivity index (χ1v) is 4.42. The summed E-state index contributed by atoms with van der Waals surface area (Å²) in [5.41, 5.74) is 1.02. The summed E-state index contributed by atoms with van der Waals surface area (Å²) < 4.78 is 0. The second-order valence-corrected chi connectivity index (χ2v) is 2.75. The second kappa shape index (κ2) is 5.37. The maximum Gasteiger partial charge on any atom is 0.234 e. The highest BCUT2D eigenvalue weighted by Crippen LogP contribution is 1.91. The van der Waals surface area contributed by atoms with E-state index in [0.717, 1.165) is 12.2 Å². The number of rotatable bonds is 5. The number of amides is 1. The molecule has 1 aromatic heterocycles. The van der Waals surface area contributed by atoms with Crippen LogP contribution in [0, 0.1) is 0 Å². The first-order valence-electron chi connectivity index (χ1n) is 4.42. The number of aromatic amines is 1. The van der Waals surface area contributed by atoms with Gasteiger partial charge < -0.3 is 15.6 Å². The molecule has 0 saturated carbocycles. The molecular weight excluding hydrogens is 166 g/mol. The van der Waals surface area contributed by atoms with E-state index < -0.39 is 0 Å². The quantitative estimate of drug-likeness (QED) is 0.609. The summed E-state index contributed by atoms with van der Waals surface area (Å²) in [5, 5.41) is 5.74. The lowest BCUT2D eigenvalue weighted by atomic mass is 10.4. The van der Waals surface area contributed by atoms with E-state index in [1.165, 1.54) is 0 Å². The van der Waals surface area contributed by atoms with E-state index in [2.05, 4.69) is 15.6 Å². The Kier molecular flexibility index (Phi) is 4.05. The number of aromatic nitrogens is 1. The van der Waals surface area contributed by atoms with Crippen LogP contribution in [0.1, 0.15) is 12.6 Å². The van der Waals surface area contributed by atoms with Crippen LogP contribution in [0.15, 0.2) is 18.3 Å². The van der Waals surface area contributed by atoms with Crippen LogP contribution in [0.25, 0.3) is 0 Å². The number of nitrogens with one attached hydrogen (secondary N) is 3. The fraction of sp³-hybridized carbons (Fsp3) is 0.444. The van der Waals surface area contributed by atoms with Crippen LogP contribution in [0.3, 0.4) is 0 Å². The van der Waals surface area contributed by atoms with E-state index >= 15 is 0 Å². The molecule has 4 nitrogen and oxygen atoms in total. The minimum atomic E-state index is 0.0245. The van der Waals surface area contributed by atoms with Gasteiger partial charge in [-0.1, -0.05) is 6.92 Å². The van der Waals surface area contributed by atoms with Crippen molar-refractivity contribution < 1.29 is 4.79 Å². The van der Waals surface area contributed by atoms with Gasteiger partial charge in [0, 0.05) is 11.9 Å². The molecule has 0 aliphatic rings. The average Bonchev–Trinajstić information content (AvgIpc) is 2.64. The van der Waals surface area contributed by atoms with E-state index in [-0.39, 0.29) is 5.91 Å². The molecule has 1 rings (SSSR count). The van der Waals surface area contributed by atoms with E-state index in [1.54, 1.807) is 0 Å². The highest BCUT2D eigenvalue weighted by molar-refractivity contribution is 5.77. The van der Waals surface area contributed by atoms with Gasteiger partial charge >= 0.3 is 0 Å². The SMILES string of the molecule is CCNCC(=O)NCc1ccc[nH]1. The van der Waals surface area contributed by atoms with Gasteiger partial charge in [0.1, 0.15) is 0 Å². The number of hydrogen-bond acceptors (Lipinski definition) is 2. The highest BCUT2D eigenvalue weighted by Gasteiger charge is 1.98. The van der Waals surface area contributed by atoms with Crippen molar-refractivity contribution in [1.82, 2.24) is 15.6 Å². The summed E-state index contributed by atoms with van der Waals surface area (Å²) in [5.74, 6) is 0.0245.